The Kier molecular flexibility index (Phi) is 5.71. The van der Waals surface area contributed by atoms with Crippen molar-refractivity contribution in [2.24, 2.45) is 5.41 Å². The fraction of sp³-hybridized carbons (Fsp3) is 0.722. The van der Waals surface area contributed by atoms with Gasteiger partial charge in [0.2, 0.25) is 0 Å². The molecule has 2 aliphatic rings. The predicted octanol–water partition coefficient (Wildman–Crippen LogP) is 3.27. The van der Waals surface area contributed by atoms with Gasteiger partial charge in [-0.2, -0.15) is 0 Å². The van der Waals surface area contributed by atoms with Crippen LogP contribution in [-0.4, -0.2) is 46.1 Å². The minimum absolute atomic E-state index is 0.0691. The lowest BCUT2D eigenvalue weighted by molar-refractivity contribution is 0.0973. The average Bonchev–Trinajstić information content (AvgIpc) is 2.85. The van der Waals surface area contributed by atoms with Crippen LogP contribution in [0.15, 0.2) is 22.9 Å². The van der Waals surface area contributed by atoms with E-state index in [1.807, 2.05) is 33.0 Å². The molecule has 1 aromatic rings. The van der Waals surface area contributed by atoms with Gasteiger partial charge in [0.1, 0.15) is 9.35 Å². The first-order valence-electron chi connectivity index (χ1n) is 8.87. The van der Waals surface area contributed by atoms with E-state index in [1.165, 1.54) is 0 Å². The van der Waals surface area contributed by atoms with E-state index in [4.69, 9.17) is 4.74 Å². The summed E-state index contributed by atoms with van der Waals surface area (Å²) in [6.07, 6.45) is 4.08. The Morgan fingerprint density at radius 2 is 2.04 bits per heavy atom. The SMILES string of the molecule is C[C@@H]1OCC2(CCN(c3ccc(Br)nc3)CC2)[C@@H]1N[S+]([O-])C(C)(C)C. The highest BCUT2D eigenvalue weighted by atomic mass is 79.9. The van der Waals surface area contributed by atoms with Crippen molar-refractivity contribution in [1.29, 1.82) is 0 Å². The smallest absolute Gasteiger partial charge is 0.136 e. The number of anilines is 1. The molecule has 3 rings (SSSR count). The number of ether oxygens (including phenoxy) is 1. The Morgan fingerprint density at radius 3 is 2.60 bits per heavy atom. The number of rotatable bonds is 3. The topological polar surface area (TPSA) is 60.5 Å². The highest BCUT2D eigenvalue weighted by Crippen LogP contribution is 2.43. The fourth-order valence-corrected chi connectivity index (χ4v) is 4.98. The van der Waals surface area contributed by atoms with Crippen LogP contribution in [0.2, 0.25) is 0 Å². The summed E-state index contributed by atoms with van der Waals surface area (Å²) in [5.41, 5.74) is 1.23. The number of aromatic nitrogens is 1. The Labute approximate surface area is 162 Å². The summed E-state index contributed by atoms with van der Waals surface area (Å²) in [5.74, 6) is 0. The van der Waals surface area contributed by atoms with E-state index < -0.39 is 11.4 Å². The number of piperidine rings is 1. The van der Waals surface area contributed by atoms with Gasteiger partial charge in [0.05, 0.1) is 30.6 Å². The fourth-order valence-electron chi connectivity index (χ4n) is 3.71. The molecule has 1 aromatic heterocycles. The summed E-state index contributed by atoms with van der Waals surface area (Å²) in [7, 11) is 0. The lowest BCUT2D eigenvalue weighted by atomic mass is 9.73. The Bertz CT molecular complexity index is 585. The molecule has 25 heavy (non-hydrogen) atoms. The Morgan fingerprint density at radius 1 is 1.36 bits per heavy atom. The largest absolute Gasteiger partial charge is 0.598 e. The highest BCUT2D eigenvalue weighted by molar-refractivity contribution is 9.10. The van der Waals surface area contributed by atoms with Crippen LogP contribution in [0.3, 0.4) is 0 Å². The highest BCUT2D eigenvalue weighted by Gasteiger charge is 2.52. The number of nitrogens with one attached hydrogen (secondary N) is 1. The van der Waals surface area contributed by atoms with Crippen LogP contribution in [0, 0.1) is 5.41 Å². The second-order valence-electron chi connectivity index (χ2n) is 8.18. The van der Waals surface area contributed by atoms with Gasteiger partial charge in [-0.3, -0.25) is 0 Å². The molecule has 3 heterocycles. The second kappa shape index (κ2) is 7.35. The van der Waals surface area contributed by atoms with E-state index in [1.54, 1.807) is 0 Å². The van der Waals surface area contributed by atoms with Crippen LogP contribution < -0.4 is 9.62 Å². The Hall–Kier alpha value is -0.340. The third kappa shape index (κ3) is 4.16. The van der Waals surface area contributed by atoms with Crippen molar-refractivity contribution in [2.45, 2.75) is 57.4 Å². The molecule has 0 radical (unpaired) electrons. The van der Waals surface area contributed by atoms with Crippen molar-refractivity contribution in [3.8, 4) is 0 Å². The lowest BCUT2D eigenvalue weighted by Gasteiger charge is -2.43. The monoisotopic (exact) mass is 429 g/mol. The molecule has 3 atom stereocenters. The van der Waals surface area contributed by atoms with Crippen molar-refractivity contribution in [1.82, 2.24) is 9.71 Å². The molecule has 0 bridgehead atoms. The van der Waals surface area contributed by atoms with Gasteiger partial charge in [0.15, 0.2) is 0 Å². The van der Waals surface area contributed by atoms with Crippen LogP contribution in [-0.2, 0) is 16.1 Å². The molecule has 0 amide bonds. The lowest BCUT2D eigenvalue weighted by Crippen LogP contribution is -2.56. The van der Waals surface area contributed by atoms with E-state index >= 15 is 0 Å². The number of halogens is 1. The van der Waals surface area contributed by atoms with Gasteiger partial charge in [0, 0.05) is 29.9 Å². The molecule has 2 saturated heterocycles. The number of pyridine rings is 1. The minimum atomic E-state index is -1.08. The van der Waals surface area contributed by atoms with Gasteiger partial charge < -0.3 is 14.2 Å². The molecule has 1 N–H and O–H groups in total. The summed E-state index contributed by atoms with van der Waals surface area (Å²) in [5, 5.41) is 0. The second-order valence-corrected chi connectivity index (χ2v) is 11.0. The van der Waals surface area contributed by atoms with Crippen molar-refractivity contribution in [3.05, 3.63) is 22.9 Å². The molecule has 2 aliphatic heterocycles. The van der Waals surface area contributed by atoms with Gasteiger partial charge in [0.25, 0.3) is 0 Å². The molecule has 0 aromatic carbocycles. The van der Waals surface area contributed by atoms with E-state index in [0.717, 1.165) is 42.8 Å². The van der Waals surface area contributed by atoms with Crippen LogP contribution in [0.1, 0.15) is 40.5 Å². The van der Waals surface area contributed by atoms with Crippen molar-refractivity contribution in [3.63, 3.8) is 0 Å². The van der Waals surface area contributed by atoms with Crippen molar-refractivity contribution in [2.75, 3.05) is 24.6 Å². The van der Waals surface area contributed by atoms with Gasteiger partial charge >= 0.3 is 0 Å². The van der Waals surface area contributed by atoms with Crippen LogP contribution in [0.5, 0.6) is 0 Å². The van der Waals surface area contributed by atoms with Crippen molar-refractivity contribution >= 4 is 33.0 Å². The zero-order valence-electron chi connectivity index (χ0n) is 15.4. The molecule has 2 fully saturated rings. The maximum atomic E-state index is 12.6. The van der Waals surface area contributed by atoms with Gasteiger partial charge in [-0.05, 0) is 68.6 Å². The van der Waals surface area contributed by atoms with Gasteiger partial charge in [-0.25, -0.2) is 4.98 Å². The minimum Gasteiger partial charge on any atom is -0.598 e. The molecule has 5 nitrogen and oxygen atoms in total. The summed E-state index contributed by atoms with van der Waals surface area (Å²) in [6, 6.07) is 4.22. The number of hydrogen-bond acceptors (Lipinski definition) is 5. The number of hydrogen-bond donors (Lipinski definition) is 1. The van der Waals surface area contributed by atoms with E-state index in [-0.39, 0.29) is 22.3 Å². The van der Waals surface area contributed by atoms with Crippen LogP contribution in [0.25, 0.3) is 0 Å². The number of nitrogens with zero attached hydrogens (tertiary/aromatic N) is 2. The first kappa shape index (κ1) is 19.4. The zero-order chi connectivity index (χ0) is 18.2. The summed E-state index contributed by atoms with van der Waals surface area (Å²) < 4.78 is 22.6. The summed E-state index contributed by atoms with van der Waals surface area (Å²) in [4.78, 5) is 6.71. The molecule has 1 unspecified atom stereocenters. The van der Waals surface area contributed by atoms with Crippen LogP contribution in [0.4, 0.5) is 5.69 Å². The third-order valence-corrected chi connectivity index (χ3v) is 7.44. The Balaban J connectivity index is 1.68. The van der Waals surface area contributed by atoms with E-state index in [2.05, 4.69) is 43.5 Å². The summed E-state index contributed by atoms with van der Waals surface area (Å²) >= 11 is 2.31. The molecule has 0 saturated carbocycles. The van der Waals surface area contributed by atoms with Crippen molar-refractivity contribution < 1.29 is 9.29 Å². The predicted molar refractivity (Wildman–Crippen MR) is 106 cm³/mol. The maximum Gasteiger partial charge on any atom is 0.136 e. The normalized spacial score (nSPS) is 27.7. The molecular formula is C18H28BrN3O2S. The molecule has 1 spiro atoms. The van der Waals surface area contributed by atoms with Gasteiger partial charge in [-0.1, -0.05) is 0 Å². The van der Waals surface area contributed by atoms with Crippen LogP contribution >= 0.6 is 15.9 Å². The van der Waals surface area contributed by atoms with E-state index in [9.17, 15) is 4.55 Å². The average molecular weight is 430 g/mol. The molecule has 140 valence electrons. The molecule has 0 aliphatic carbocycles. The zero-order valence-corrected chi connectivity index (χ0v) is 17.8. The maximum absolute atomic E-state index is 12.6. The first-order chi connectivity index (χ1) is 11.7. The van der Waals surface area contributed by atoms with Gasteiger partial charge in [-0.15, -0.1) is 4.72 Å². The molecular weight excluding hydrogens is 402 g/mol. The first-order valence-corrected chi connectivity index (χ1v) is 10.8. The summed E-state index contributed by atoms with van der Waals surface area (Å²) in [6.45, 7) is 10.8. The third-order valence-electron chi connectivity index (χ3n) is 5.39. The molecule has 7 heteroatoms. The van der Waals surface area contributed by atoms with E-state index in [0.29, 0.717) is 0 Å². The standard InChI is InChI=1S/C18H28BrN3O2S/c1-13-16(21-25(23)17(2,3)4)18(12-24-13)7-9-22(10-8-18)14-5-6-15(19)20-11-14/h5-6,11,13,16,21H,7-10,12H2,1-4H3/t13-,16+,25?/m0/s1. The quantitative estimate of drug-likeness (QED) is 0.589.